The number of nitrogens with one attached hydrogen (secondary N) is 1. The van der Waals surface area contributed by atoms with Gasteiger partial charge in [0.1, 0.15) is 0 Å². The largest absolute Gasteiger partial charge is 0.335 e. The molecule has 1 fully saturated rings. The van der Waals surface area contributed by atoms with Gasteiger partial charge in [-0.25, -0.2) is 9.97 Å². The molecule has 4 nitrogen and oxygen atoms in total. The molecule has 1 aromatic heterocycles. The van der Waals surface area contributed by atoms with Crippen molar-refractivity contribution < 1.29 is 0 Å². The van der Waals surface area contributed by atoms with Gasteiger partial charge < -0.3 is 10.2 Å². The predicted octanol–water partition coefficient (Wildman–Crippen LogP) is 2.27. The number of nitrogens with zero attached hydrogens (tertiary/aromatic N) is 3. The van der Waals surface area contributed by atoms with Gasteiger partial charge in [-0.3, -0.25) is 0 Å². The fourth-order valence-corrected chi connectivity index (χ4v) is 2.80. The van der Waals surface area contributed by atoms with Gasteiger partial charge in [0, 0.05) is 36.1 Å². The Labute approximate surface area is 110 Å². The van der Waals surface area contributed by atoms with E-state index in [9.17, 15) is 0 Å². The first-order valence-corrected chi connectivity index (χ1v) is 6.92. The Morgan fingerprint density at radius 1 is 1.44 bits per heavy atom. The average Bonchev–Trinajstić information content (AvgIpc) is 2.73. The summed E-state index contributed by atoms with van der Waals surface area (Å²) >= 11 is 0. The van der Waals surface area contributed by atoms with Crippen molar-refractivity contribution in [3.8, 4) is 0 Å². The number of hydrogen-bond acceptors (Lipinski definition) is 4. The van der Waals surface area contributed by atoms with Gasteiger partial charge in [-0.05, 0) is 40.2 Å². The zero-order chi connectivity index (χ0) is 13.1. The summed E-state index contributed by atoms with van der Waals surface area (Å²) in [6.45, 7) is 7.42. The minimum absolute atomic E-state index is 0.560. The van der Waals surface area contributed by atoms with Crippen LogP contribution in [0, 0.1) is 6.92 Å². The fourth-order valence-electron chi connectivity index (χ4n) is 2.80. The van der Waals surface area contributed by atoms with Gasteiger partial charge in [0.25, 0.3) is 0 Å². The smallest absolute Gasteiger partial charge is 0.226 e. The molecule has 0 radical (unpaired) electrons. The van der Waals surface area contributed by atoms with Crippen LogP contribution < -0.4 is 10.2 Å². The lowest BCUT2D eigenvalue weighted by Crippen LogP contribution is -2.35. The molecule has 0 saturated carbocycles. The van der Waals surface area contributed by atoms with E-state index in [0.717, 1.165) is 18.2 Å². The molecule has 1 aliphatic heterocycles. The second kappa shape index (κ2) is 5.65. The maximum Gasteiger partial charge on any atom is 0.226 e. The van der Waals surface area contributed by atoms with E-state index >= 15 is 0 Å². The highest BCUT2D eigenvalue weighted by Crippen LogP contribution is 2.29. The molecular formula is C14H24N4. The Kier molecular flexibility index (Phi) is 4.17. The van der Waals surface area contributed by atoms with Crippen LogP contribution in [0.5, 0.6) is 0 Å². The maximum absolute atomic E-state index is 4.70. The molecule has 2 heterocycles. The van der Waals surface area contributed by atoms with Crippen LogP contribution in [-0.4, -0.2) is 29.1 Å². The Morgan fingerprint density at radius 2 is 2.22 bits per heavy atom. The van der Waals surface area contributed by atoms with Crippen molar-refractivity contribution in [2.24, 2.45) is 0 Å². The highest BCUT2D eigenvalue weighted by Gasteiger charge is 2.31. The summed E-state index contributed by atoms with van der Waals surface area (Å²) < 4.78 is 0. The van der Waals surface area contributed by atoms with Gasteiger partial charge in [-0.1, -0.05) is 6.92 Å². The molecule has 2 rings (SSSR count). The van der Waals surface area contributed by atoms with Crippen molar-refractivity contribution in [2.75, 3.05) is 11.9 Å². The van der Waals surface area contributed by atoms with Gasteiger partial charge in [0.2, 0.25) is 5.95 Å². The quantitative estimate of drug-likeness (QED) is 0.887. The summed E-state index contributed by atoms with van der Waals surface area (Å²) in [4.78, 5) is 11.7. The molecule has 0 amide bonds. The molecule has 1 N–H and O–H groups in total. The van der Waals surface area contributed by atoms with Crippen LogP contribution in [0.1, 0.15) is 44.4 Å². The first-order chi connectivity index (χ1) is 8.67. The van der Waals surface area contributed by atoms with Crippen molar-refractivity contribution >= 4 is 5.95 Å². The Hall–Kier alpha value is -1.16. The van der Waals surface area contributed by atoms with Crippen molar-refractivity contribution in [3.63, 3.8) is 0 Å². The third-order valence-electron chi connectivity index (χ3n) is 3.92. The summed E-state index contributed by atoms with van der Waals surface area (Å²) in [6.07, 6.45) is 5.65. The summed E-state index contributed by atoms with van der Waals surface area (Å²) in [6, 6.07) is 1.17. The number of anilines is 1. The molecule has 0 spiro atoms. The Bertz CT molecular complexity index is 405. The van der Waals surface area contributed by atoms with Crippen LogP contribution in [0.4, 0.5) is 5.95 Å². The summed E-state index contributed by atoms with van der Waals surface area (Å²) in [5.74, 6) is 0.907. The van der Waals surface area contributed by atoms with Gasteiger partial charge in [0.05, 0.1) is 0 Å². The number of aryl methyl sites for hydroxylation is 1. The maximum atomic E-state index is 4.70. The normalized spacial score (nSPS) is 23.7. The minimum Gasteiger partial charge on any atom is -0.335 e. The van der Waals surface area contributed by atoms with Crippen LogP contribution in [0.15, 0.2) is 6.20 Å². The highest BCUT2D eigenvalue weighted by molar-refractivity contribution is 5.37. The van der Waals surface area contributed by atoms with E-state index in [0.29, 0.717) is 12.1 Å². The summed E-state index contributed by atoms with van der Waals surface area (Å²) in [7, 11) is 1.95. The van der Waals surface area contributed by atoms with Gasteiger partial charge in [-0.2, -0.15) is 0 Å². The molecule has 1 aliphatic rings. The number of rotatable bonds is 4. The molecule has 0 aliphatic carbocycles. The monoisotopic (exact) mass is 248 g/mol. The average molecular weight is 248 g/mol. The van der Waals surface area contributed by atoms with E-state index in [4.69, 9.17) is 4.98 Å². The van der Waals surface area contributed by atoms with Crippen LogP contribution in [-0.2, 0) is 6.54 Å². The van der Waals surface area contributed by atoms with Gasteiger partial charge in [-0.15, -0.1) is 0 Å². The predicted molar refractivity (Wildman–Crippen MR) is 74.8 cm³/mol. The molecule has 0 aromatic carbocycles. The fraction of sp³-hybridized carbons (Fsp3) is 0.714. The second-order valence-corrected chi connectivity index (χ2v) is 5.21. The molecule has 2 unspecified atom stereocenters. The van der Waals surface area contributed by atoms with Gasteiger partial charge >= 0.3 is 0 Å². The molecular weight excluding hydrogens is 224 g/mol. The van der Waals surface area contributed by atoms with E-state index in [2.05, 4.69) is 36.0 Å². The van der Waals surface area contributed by atoms with Crippen LogP contribution >= 0.6 is 0 Å². The molecule has 1 aromatic rings. The SMILES string of the molecule is CCC1CCC(C)N1c1ncc(CNC)c(C)n1. The number of hydrogen-bond donors (Lipinski definition) is 1. The molecule has 4 heteroatoms. The molecule has 2 atom stereocenters. The lowest BCUT2D eigenvalue weighted by Gasteiger charge is -2.28. The Balaban J connectivity index is 2.25. The topological polar surface area (TPSA) is 41.1 Å². The molecule has 18 heavy (non-hydrogen) atoms. The lowest BCUT2D eigenvalue weighted by molar-refractivity contribution is 0.610. The van der Waals surface area contributed by atoms with Crippen LogP contribution in [0.25, 0.3) is 0 Å². The molecule has 1 saturated heterocycles. The third-order valence-corrected chi connectivity index (χ3v) is 3.92. The standard InChI is InChI=1S/C14H24N4/c1-5-13-7-6-10(2)18(13)14-16-9-12(8-15-4)11(3)17-14/h9-10,13,15H,5-8H2,1-4H3. The first-order valence-electron chi connectivity index (χ1n) is 6.92. The molecule has 100 valence electrons. The van der Waals surface area contributed by atoms with E-state index in [1.165, 1.54) is 24.8 Å². The minimum atomic E-state index is 0.560. The van der Waals surface area contributed by atoms with Crippen LogP contribution in [0.2, 0.25) is 0 Å². The van der Waals surface area contributed by atoms with E-state index in [1.54, 1.807) is 0 Å². The summed E-state index contributed by atoms with van der Waals surface area (Å²) in [5.41, 5.74) is 2.27. The Morgan fingerprint density at radius 3 is 2.83 bits per heavy atom. The van der Waals surface area contributed by atoms with Crippen molar-refractivity contribution in [1.29, 1.82) is 0 Å². The van der Waals surface area contributed by atoms with Gasteiger partial charge in [0.15, 0.2) is 0 Å². The lowest BCUT2D eigenvalue weighted by atomic mass is 10.2. The van der Waals surface area contributed by atoms with Crippen molar-refractivity contribution in [2.45, 2.75) is 58.7 Å². The van der Waals surface area contributed by atoms with Crippen LogP contribution in [0.3, 0.4) is 0 Å². The molecule has 0 bridgehead atoms. The first kappa shape index (κ1) is 13.3. The van der Waals surface area contributed by atoms with E-state index < -0.39 is 0 Å². The highest BCUT2D eigenvalue weighted by atomic mass is 15.3. The van der Waals surface area contributed by atoms with E-state index in [1.807, 2.05) is 13.2 Å². The zero-order valence-corrected chi connectivity index (χ0v) is 11.9. The second-order valence-electron chi connectivity index (χ2n) is 5.21. The van der Waals surface area contributed by atoms with Crippen molar-refractivity contribution in [1.82, 2.24) is 15.3 Å². The summed E-state index contributed by atoms with van der Waals surface area (Å²) in [5, 5.41) is 3.15. The van der Waals surface area contributed by atoms with Crippen molar-refractivity contribution in [3.05, 3.63) is 17.5 Å². The third kappa shape index (κ3) is 2.48. The zero-order valence-electron chi connectivity index (χ0n) is 11.9. The number of aromatic nitrogens is 2. The van der Waals surface area contributed by atoms with E-state index in [-0.39, 0.29) is 0 Å².